The lowest BCUT2D eigenvalue weighted by Crippen LogP contribution is -2.27. The van der Waals surface area contributed by atoms with E-state index >= 15 is 0 Å². The summed E-state index contributed by atoms with van der Waals surface area (Å²) in [6, 6.07) is 0.823. The Bertz CT molecular complexity index is 188. The molecule has 0 amide bonds. The first-order valence-electron chi connectivity index (χ1n) is 9.88. The molecule has 0 rings (SSSR count). The predicted octanol–water partition coefficient (Wildman–Crippen LogP) is 6.81. The van der Waals surface area contributed by atoms with E-state index in [4.69, 9.17) is 0 Å². The van der Waals surface area contributed by atoms with Gasteiger partial charge in [-0.2, -0.15) is 0 Å². The van der Waals surface area contributed by atoms with Gasteiger partial charge in [-0.05, 0) is 26.9 Å². The molecule has 0 radical (unpaired) electrons. The van der Waals surface area contributed by atoms with Crippen LogP contribution in [-0.2, 0) is 0 Å². The van der Waals surface area contributed by atoms with Crippen LogP contribution in [0, 0.1) is 0 Å². The van der Waals surface area contributed by atoms with Gasteiger partial charge >= 0.3 is 0 Å². The van der Waals surface area contributed by atoms with Gasteiger partial charge in [0.15, 0.2) is 0 Å². The van der Waals surface area contributed by atoms with Crippen LogP contribution in [0.15, 0.2) is 0 Å². The van der Waals surface area contributed by atoms with Crippen LogP contribution in [0.3, 0.4) is 0 Å². The molecule has 1 nitrogen and oxygen atoms in total. The molecular formula is C20H43N. The van der Waals surface area contributed by atoms with E-state index < -0.39 is 0 Å². The van der Waals surface area contributed by atoms with Crippen LogP contribution < -0.4 is 0 Å². The average molecular weight is 298 g/mol. The third-order valence-corrected chi connectivity index (χ3v) is 4.76. The topological polar surface area (TPSA) is 3.24 Å². The largest absolute Gasteiger partial charge is 0.306 e. The molecule has 0 bridgehead atoms. The quantitative estimate of drug-likeness (QED) is 0.283. The molecule has 0 aromatic heterocycles. The van der Waals surface area contributed by atoms with Gasteiger partial charge in [0.2, 0.25) is 0 Å². The number of hydrogen-bond acceptors (Lipinski definition) is 1. The highest BCUT2D eigenvalue weighted by molar-refractivity contribution is 4.66. The summed E-state index contributed by atoms with van der Waals surface area (Å²) < 4.78 is 0. The van der Waals surface area contributed by atoms with Crippen molar-refractivity contribution in [2.45, 2.75) is 116 Å². The van der Waals surface area contributed by atoms with Crippen molar-refractivity contribution in [2.24, 2.45) is 0 Å². The summed E-state index contributed by atoms with van der Waals surface area (Å²) >= 11 is 0. The zero-order chi connectivity index (χ0) is 15.8. The Hall–Kier alpha value is -0.0400. The highest BCUT2D eigenvalue weighted by atomic mass is 15.1. The third-order valence-electron chi connectivity index (χ3n) is 4.76. The Morgan fingerprint density at radius 1 is 0.524 bits per heavy atom. The van der Waals surface area contributed by atoms with Gasteiger partial charge in [0.05, 0.1) is 0 Å². The van der Waals surface area contributed by atoms with Crippen LogP contribution in [-0.4, -0.2) is 25.0 Å². The van der Waals surface area contributed by atoms with Crippen molar-refractivity contribution in [1.29, 1.82) is 0 Å². The van der Waals surface area contributed by atoms with E-state index in [1.54, 1.807) is 0 Å². The van der Waals surface area contributed by atoms with Gasteiger partial charge in [-0.25, -0.2) is 0 Å². The van der Waals surface area contributed by atoms with Crippen LogP contribution >= 0.6 is 0 Å². The second-order valence-electron chi connectivity index (χ2n) is 7.08. The van der Waals surface area contributed by atoms with E-state index in [1.807, 2.05) is 0 Å². The van der Waals surface area contributed by atoms with E-state index in [0.717, 1.165) is 6.04 Å². The molecule has 21 heavy (non-hydrogen) atoms. The zero-order valence-electron chi connectivity index (χ0n) is 15.6. The van der Waals surface area contributed by atoms with Gasteiger partial charge in [0.1, 0.15) is 0 Å². The second-order valence-corrected chi connectivity index (χ2v) is 7.08. The van der Waals surface area contributed by atoms with Crippen molar-refractivity contribution >= 4 is 0 Å². The number of rotatable bonds is 16. The summed E-state index contributed by atoms with van der Waals surface area (Å²) in [7, 11) is 4.50. The van der Waals surface area contributed by atoms with E-state index in [1.165, 1.54) is 96.3 Å². The molecule has 0 aliphatic heterocycles. The van der Waals surface area contributed by atoms with Crippen LogP contribution in [0.2, 0.25) is 0 Å². The lowest BCUT2D eigenvalue weighted by Gasteiger charge is -2.24. The second kappa shape index (κ2) is 16.3. The summed E-state index contributed by atoms with van der Waals surface area (Å²) in [5.74, 6) is 0. The number of nitrogens with zero attached hydrogens (tertiary/aromatic N) is 1. The Labute approximate surface area is 135 Å². The number of unbranched alkanes of at least 4 members (excludes halogenated alkanes) is 11. The van der Waals surface area contributed by atoms with Crippen LogP contribution in [0.25, 0.3) is 0 Å². The fourth-order valence-corrected chi connectivity index (χ4v) is 3.14. The highest BCUT2D eigenvalue weighted by Crippen LogP contribution is 2.16. The first-order chi connectivity index (χ1) is 10.2. The summed E-state index contributed by atoms with van der Waals surface area (Å²) in [4.78, 5) is 2.44. The molecule has 0 saturated carbocycles. The van der Waals surface area contributed by atoms with Crippen molar-refractivity contribution in [1.82, 2.24) is 4.90 Å². The van der Waals surface area contributed by atoms with Gasteiger partial charge in [-0.15, -0.1) is 0 Å². The van der Waals surface area contributed by atoms with E-state index in [9.17, 15) is 0 Å². The fourth-order valence-electron chi connectivity index (χ4n) is 3.14. The predicted molar refractivity (Wildman–Crippen MR) is 98.1 cm³/mol. The highest BCUT2D eigenvalue weighted by Gasteiger charge is 2.09. The standard InChI is InChI=1S/C20H43N/c1-5-7-9-10-11-12-13-14-15-16-17-19-20(21(3)4)18-8-6-2/h20H,5-19H2,1-4H3. The molecule has 1 atom stereocenters. The molecule has 0 N–H and O–H groups in total. The first-order valence-corrected chi connectivity index (χ1v) is 9.88. The van der Waals surface area contributed by atoms with Crippen LogP contribution in [0.1, 0.15) is 110 Å². The molecule has 0 saturated heterocycles. The Morgan fingerprint density at radius 2 is 0.905 bits per heavy atom. The minimum Gasteiger partial charge on any atom is -0.306 e. The summed E-state index contributed by atoms with van der Waals surface area (Å²) in [6.07, 6.45) is 21.5. The van der Waals surface area contributed by atoms with E-state index in [-0.39, 0.29) is 0 Å². The van der Waals surface area contributed by atoms with Crippen molar-refractivity contribution in [3.8, 4) is 0 Å². The molecule has 0 aromatic carbocycles. The third kappa shape index (κ3) is 14.7. The minimum absolute atomic E-state index is 0.823. The molecular weight excluding hydrogens is 254 g/mol. The van der Waals surface area contributed by atoms with Gasteiger partial charge in [0.25, 0.3) is 0 Å². The normalized spacial score (nSPS) is 13.0. The molecule has 1 unspecified atom stereocenters. The smallest absolute Gasteiger partial charge is 0.00891 e. The average Bonchev–Trinajstić information content (AvgIpc) is 2.47. The SMILES string of the molecule is CCCCCCCCCCCCCC(CCCC)N(C)C. The Balaban J connectivity index is 3.29. The Kier molecular flexibility index (Phi) is 16.3. The van der Waals surface area contributed by atoms with Crippen LogP contribution in [0.5, 0.6) is 0 Å². The monoisotopic (exact) mass is 297 g/mol. The maximum Gasteiger partial charge on any atom is 0.00891 e. The molecule has 0 heterocycles. The molecule has 0 aromatic rings. The lowest BCUT2D eigenvalue weighted by molar-refractivity contribution is 0.253. The van der Waals surface area contributed by atoms with E-state index in [0.29, 0.717) is 0 Å². The van der Waals surface area contributed by atoms with Crippen molar-refractivity contribution in [2.75, 3.05) is 14.1 Å². The summed E-state index contributed by atoms with van der Waals surface area (Å²) in [5, 5.41) is 0. The molecule has 0 fully saturated rings. The van der Waals surface area contributed by atoms with E-state index in [2.05, 4.69) is 32.8 Å². The first kappa shape index (κ1) is 21.0. The number of hydrogen-bond donors (Lipinski definition) is 0. The Morgan fingerprint density at radius 3 is 1.33 bits per heavy atom. The van der Waals surface area contributed by atoms with Crippen molar-refractivity contribution in [3.63, 3.8) is 0 Å². The maximum absolute atomic E-state index is 2.44. The van der Waals surface area contributed by atoms with Gasteiger partial charge in [-0.3, -0.25) is 0 Å². The summed E-state index contributed by atoms with van der Waals surface area (Å²) in [6.45, 7) is 4.60. The molecule has 128 valence electrons. The lowest BCUT2D eigenvalue weighted by atomic mass is 10.0. The summed E-state index contributed by atoms with van der Waals surface area (Å²) in [5.41, 5.74) is 0. The minimum atomic E-state index is 0.823. The van der Waals surface area contributed by atoms with Crippen molar-refractivity contribution in [3.05, 3.63) is 0 Å². The van der Waals surface area contributed by atoms with Crippen molar-refractivity contribution < 1.29 is 0 Å². The maximum atomic E-state index is 2.44. The zero-order valence-corrected chi connectivity index (χ0v) is 15.6. The van der Waals surface area contributed by atoms with Gasteiger partial charge in [0, 0.05) is 6.04 Å². The van der Waals surface area contributed by atoms with Gasteiger partial charge < -0.3 is 4.90 Å². The molecule has 1 heteroatoms. The van der Waals surface area contributed by atoms with Gasteiger partial charge in [-0.1, -0.05) is 97.3 Å². The van der Waals surface area contributed by atoms with Crippen LogP contribution in [0.4, 0.5) is 0 Å². The molecule has 0 spiro atoms. The fraction of sp³-hybridized carbons (Fsp3) is 1.00. The molecule has 0 aliphatic rings. The molecule has 0 aliphatic carbocycles.